The smallest absolute Gasteiger partial charge is 0.307 e. The Morgan fingerprint density at radius 1 is 0.909 bits per heavy atom. The van der Waals surface area contributed by atoms with E-state index >= 15 is 0 Å². The lowest BCUT2D eigenvalue weighted by atomic mass is 9.93. The van der Waals surface area contributed by atoms with Gasteiger partial charge >= 0.3 is 5.97 Å². The summed E-state index contributed by atoms with van der Waals surface area (Å²) in [6.45, 7) is 16.0. The molecule has 0 radical (unpaired) electrons. The lowest BCUT2D eigenvalue weighted by Gasteiger charge is -2.40. The molecule has 0 heterocycles. The number of anilines is 1. The second-order valence-electron chi connectivity index (χ2n) is 13.6. The standard InChI is InChI=1S/C34H48N2O6SSi/c1-33(2,3)44(7,8)42-31(23-35-34(4,5)22-26-16-14-25(15-17-26)20-32(37)38)28-18-19-30(29(21-28)36-43(6,39)40)41-24-27-12-10-9-11-13-27/h9-19,21,31,35-36H,20,22-24H2,1-8H3,(H,37,38)/t31-/m0/s1. The van der Waals surface area contributed by atoms with Gasteiger partial charge in [0.05, 0.1) is 24.5 Å². The molecule has 240 valence electrons. The Kier molecular flexibility index (Phi) is 11.5. The molecule has 0 fully saturated rings. The van der Waals surface area contributed by atoms with Gasteiger partial charge in [-0.05, 0) is 72.8 Å². The van der Waals surface area contributed by atoms with E-state index in [-0.39, 0.29) is 23.1 Å². The molecule has 44 heavy (non-hydrogen) atoms. The van der Waals surface area contributed by atoms with E-state index in [4.69, 9.17) is 14.3 Å². The van der Waals surface area contributed by atoms with Crippen LogP contribution >= 0.6 is 0 Å². The predicted octanol–water partition coefficient (Wildman–Crippen LogP) is 6.94. The number of carboxylic acid groups (broad SMARTS) is 1. The van der Waals surface area contributed by atoms with E-state index in [0.717, 1.165) is 34.9 Å². The second kappa shape index (κ2) is 14.3. The average molecular weight is 641 g/mol. The summed E-state index contributed by atoms with van der Waals surface area (Å²) in [7, 11) is -5.81. The maximum absolute atomic E-state index is 12.3. The van der Waals surface area contributed by atoms with E-state index in [1.807, 2.05) is 66.7 Å². The van der Waals surface area contributed by atoms with Gasteiger partial charge in [-0.1, -0.05) is 81.4 Å². The summed E-state index contributed by atoms with van der Waals surface area (Å²) in [5.74, 6) is -0.410. The Morgan fingerprint density at radius 2 is 1.52 bits per heavy atom. The number of nitrogens with one attached hydrogen (secondary N) is 2. The molecule has 0 aliphatic heterocycles. The van der Waals surface area contributed by atoms with Gasteiger partial charge in [0.1, 0.15) is 12.4 Å². The molecule has 0 aliphatic rings. The molecule has 8 nitrogen and oxygen atoms in total. The first-order valence-electron chi connectivity index (χ1n) is 14.8. The Morgan fingerprint density at radius 3 is 2.09 bits per heavy atom. The van der Waals surface area contributed by atoms with Gasteiger partial charge in [0, 0.05) is 12.1 Å². The molecule has 0 bridgehead atoms. The number of sulfonamides is 1. The summed E-state index contributed by atoms with van der Waals surface area (Å²) < 4.78 is 40.3. The molecule has 10 heteroatoms. The second-order valence-corrected chi connectivity index (χ2v) is 20.1. The molecular weight excluding hydrogens is 593 g/mol. The van der Waals surface area contributed by atoms with Gasteiger partial charge in [-0.25, -0.2) is 8.42 Å². The van der Waals surface area contributed by atoms with Crippen LogP contribution in [-0.2, 0) is 38.7 Å². The SMILES string of the molecule is CC(C)(Cc1ccc(CC(=O)O)cc1)NC[C@H](O[Si](C)(C)C(C)(C)C)c1ccc(OCc2ccccc2)c(NS(C)(=O)=O)c1. The van der Waals surface area contributed by atoms with Crippen LogP contribution in [0, 0.1) is 0 Å². The van der Waals surface area contributed by atoms with Crippen molar-refractivity contribution in [1.29, 1.82) is 0 Å². The predicted molar refractivity (Wildman–Crippen MR) is 180 cm³/mol. The minimum absolute atomic E-state index is 0.000650. The first-order valence-corrected chi connectivity index (χ1v) is 19.6. The minimum atomic E-state index is -3.57. The van der Waals surface area contributed by atoms with E-state index < -0.39 is 24.3 Å². The van der Waals surface area contributed by atoms with Crippen LogP contribution in [0.15, 0.2) is 72.8 Å². The minimum Gasteiger partial charge on any atom is -0.487 e. The van der Waals surface area contributed by atoms with Gasteiger partial charge in [0.25, 0.3) is 0 Å². The van der Waals surface area contributed by atoms with Gasteiger partial charge in [-0.2, -0.15) is 0 Å². The van der Waals surface area contributed by atoms with Crippen molar-refractivity contribution in [3.63, 3.8) is 0 Å². The number of hydrogen-bond donors (Lipinski definition) is 3. The largest absolute Gasteiger partial charge is 0.487 e. The Balaban J connectivity index is 1.88. The van der Waals surface area contributed by atoms with E-state index in [1.165, 1.54) is 0 Å². The number of hydrogen-bond acceptors (Lipinski definition) is 6. The van der Waals surface area contributed by atoms with Crippen LogP contribution in [-0.4, -0.2) is 46.2 Å². The normalized spacial score (nSPS) is 13.4. The molecule has 0 saturated heterocycles. The molecule has 0 spiro atoms. The number of ether oxygens (including phenoxy) is 1. The molecule has 3 aromatic carbocycles. The number of carboxylic acids is 1. The quantitative estimate of drug-likeness (QED) is 0.154. The third-order valence-corrected chi connectivity index (χ3v) is 13.0. The van der Waals surface area contributed by atoms with Crippen molar-refractivity contribution >= 4 is 30.0 Å². The van der Waals surface area contributed by atoms with Gasteiger partial charge < -0.3 is 19.6 Å². The van der Waals surface area contributed by atoms with Crippen molar-refractivity contribution in [3.05, 3.63) is 95.1 Å². The van der Waals surface area contributed by atoms with Crippen LogP contribution in [0.4, 0.5) is 5.69 Å². The van der Waals surface area contributed by atoms with E-state index in [9.17, 15) is 13.2 Å². The topological polar surface area (TPSA) is 114 Å². The molecule has 3 aromatic rings. The Labute approximate surface area is 264 Å². The number of rotatable bonds is 15. The Hall–Kier alpha value is -3.18. The molecule has 0 amide bonds. The number of aliphatic carboxylic acids is 1. The highest BCUT2D eigenvalue weighted by atomic mass is 32.2. The van der Waals surface area contributed by atoms with E-state index in [1.54, 1.807) is 6.07 Å². The zero-order valence-corrected chi connectivity index (χ0v) is 29.0. The zero-order chi connectivity index (χ0) is 32.8. The van der Waals surface area contributed by atoms with Gasteiger partial charge in [-0.15, -0.1) is 0 Å². The molecule has 0 aliphatic carbocycles. The van der Waals surface area contributed by atoms with E-state index in [2.05, 4.69) is 57.8 Å². The van der Waals surface area contributed by atoms with Crippen LogP contribution in [0.3, 0.4) is 0 Å². The molecule has 3 N–H and O–H groups in total. The summed E-state index contributed by atoms with van der Waals surface area (Å²) in [6.07, 6.45) is 1.50. The van der Waals surface area contributed by atoms with Crippen LogP contribution < -0.4 is 14.8 Å². The zero-order valence-electron chi connectivity index (χ0n) is 27.2. The first-order chi connectivity index (χ1) is 20.3. The number of carbonyl (C=O) groups is 1. The van der Waals surface area contributed by atoms with Gasteiger partial charge in [0.2, 0.25) is 10.0 Å². The average Bonchev–Trinajstić information content (AvgIpc) is 2.90. The fraction of sp³-hybridized carbons (Fsp3) is 0.441. The highest BCUT2D eigenvalue weighted by Crippen LogP contribution is 2.41. The summed E-state index contributed by atoms with van der Waals surface area (Å²) in [4.78, 5) is 11.0. The molecule has 1 atom stereocenters. The highest BCUT2D eigenvalue weighted by molar-refractivity contribution is 7.92. The summed E-state index contributed by atoms with van der Waals surface area (Å²) in [6, 6.07) is 23.0. The third-order valence-electron chi connectivity index (χ3n) is 7.94. The van der Waals surface area contributed by atoms with Gasteiger partial charge in [-0.3, -0.25) is 9.52 Å². The van der Waals surface area contributed by atoms with Crippen molar-refractivity contribution in [2.24, 2.45) is 0 Å². The molecule has 0 saturated carbocycles. The highest BCUT2D eigenvalue weighted by Gasteiger charge is 2.40. The van der Waals surface area contributed by atoms with Crippen molar-refractivity contribution in [2.75, 3.05) is 17.5 Å². The lowest BCUT2D eigenvalue weighted by Crippen LogP contribution is -2.47. The van der Waals surface area contributed by atoms with E-state index in [0.29, 0.717) is 24.6 Å². The summed E-state index contributed by atoms with van der Waals surface area (Å²) >= 11 is 0. The van der Waals surface area contributed by atoms with Crippen LogP contribution in [0.1, 0.15) is 63.0 Å². The van der Waals surface area contributed by atoms with Crippen molar-refractivity contribution < 1.29 is 27.5 Å². The van der Waals surface area contributed by atoms with Crippen LogP contribution in [0.25, 0.3) is 0 Å². The van der Waals surface area contributed by atoms with Crippen molar-refractivity contribution in [3.8, 4) is 5.75 Å². The first kappa shape index (κ1) is 35.3. The maximum Gasteiger partial charge on any atom is 0.307 e. The fourth-order valence-corrected chi connectivity index (χ4v) is 6.38. The van der Waals surface area contributed by atoms with Crippen LogP contribution in [0.5, 0.6) is 5.75 Å². The summed E-state index contributed by atoms with van der Waals surface area (Å²) in [5.41, 5.74) is 3.74. The maximum atomic E-state index is 12.3. The van der Waals surface area contributed by atoms with Gasteiger partial charge in [0.15, 0.2) is 8.32 Å². The Bertz CT molecular complexity index is 1500. The fourth-order valence-electron chi connectivity index (χ4n) is 4.54. The number of benzene rings is 3. The molecule has 0 aromatic heterocycles. The molecule has 3 rings (SSSR count). The van der Waals surface area contributed by atoms with Crippen molar-refractivity contribution in [1.82, 2.24) is 5.32 Å². The molecule has 0 unspecified atom stereocenters. The lowest BCUT2D eigenvalue weighted by molar-refractivity contribution is -0.136. The molecular formula is C34H48N2O6SSi. The monoisotopic (exact) mass is 640 g/mol. The van der Waals surface area contributed by atoms with Crippen LogP contribution in [0.2, 0.25) is 18.1 Å². The third kappa shape index (κ3) is 11.1. The summed E-state index contributed by atoms with van der Waals surface area (Å²) in [5, 5.41) is 12.7. The van der Waals surface area contributed by atoms with Crippen molar-refractivity contribution in [2.45, 2.75) is 83.8 Å².